The summed E-state index contributed by atoms with van der Waals surface area (Å²) in [5.41, 5.74) is 0. The van der Waals surface area contributed by atoms with Gasteiger partial charge < -0.3 is 14.3 Å². The molecule has 2 N–H and O–H groups in total. The highest BCUT2D eigenvalue weighted by atomic mass is 31.1. The van der Waals surface area contributed by atoms with E-state index in [0.717, 1.165) is 0 Å². The van der Waals surface area contributed by atoms with Crippen molar-refractivity contribution < 1.29 is 28.3 Å². The van der Waals surface area contributed by atoms with Gasteiger partial charge in [-0.05, 0) is 25.1 Å². The Morgan fingerprint density at radius 1 is 1.30 bits per heavy atom. The molecule has 0 aromatic rings. The number of aliphatic hydroxyl groups is 1. The van der Waals surface area contributed by atoms with Gasteiger partial charge in [0, 0.05) is 4.57 Å². The Morgan fingerprint density at radius 2 is 1.85 bits per heavy atom. The second-order valence-corrected chi connectivity index (χ2v) is 12.2. The molecule has 8 heteroatoms. The van der Waals surface area contributed by atoms with Gasteiger partial charge in [-0.3, -0.25) is 0 Å². The molecule has 0 saturated carbocycles. The van der Waals surface area contributed by atoms with E-state index in [1.807, 2.05) is 6.92 Å². The fourth-order valence-electron chi connectivity index (χ4n) is 1.97. The van der Waals surface area contributed by atoms with Gasteiger partial charge in [0.25, 0.3) is 0 Å². The van der Waals surface area contributed by atoms with Crippen LogP contribution < -0.4 is 0 Å². The highest BCUT2D eigenvalue weighted by molar-refractivity contribution is 7.32. The summed E-state index contributed by atoms with van der Waals surface area (Å²) in [7, 11) is -4.83. The number of hydrogen-bond donors (Lipinski definition) is 2. The predicted molar refractivity (Wildman–Crippen MR) is 78.2 cm³/mol. The van der Waals surface area contributed by atoms with E-state index in [4.69, 9.17) is 18.6 Å². The lowest BCUT2D eigenvalue weighted by molar-refractivity contribution is -0.0115. The van der Waals surface area contributed by atoms with Crippen molar-refractivity contribution in [2.45, 2.75) is 70.2 Å². The van der Waals surface area contributed by atoms with Crippen LogP contribution in [0.1, 0.15) is 27.7 Å². The van der Waals surface area contributed by atoms with E-state index < -0.39 is 34.9 Å². The third-order valence-electron chi connectivity index (χ3n) is 4.17. The molecule has 0 bridgehead atoms. The second kappa shape index (κ2) is 6.48. The summed E-state index contributed by atoms with van der Waals surface area (Å²) >= 11 is 0. The normalized spacial score (nSPS) is 32.5. The molecule has 0 aromatic heterocycles. The molecular weight excluding hydrogens is 299 g/mol. The third-order valence-corrected chi connectivity index (χ3v) is 9.07. The lowest BCUT2D eigenvalue weighted by Crippen LogP contribution is -2.49. The molecule has 0 aromatic carbocycles. The van der Waals surface area contributed by atoms with Crippen molar-refractivity contribution in [3.8, 4) is 0 Å². The molecule has 0 amide bonds. The van der Waals surface area contributed by atoms with Gasteiger partial charge in [0.2, 0.25) is 0 Å². The number of hydrogen-bond acceptors (Lipinski definition) is 5. The fourth-order valence-corrected chi connectivity index (χ4v) is 3.79. The number of aliphatic hydroxyl groups excluding tert-OH is 1. The fraction of sp³-hybridized carbons (Fsp3) is 1.00. The zero-order valence-corrected chi connectivity index (χ0v) is 14.9. The van der Waals surface area contributed by atoms with Crippen LogP contribution in [0, 0.1) is 0 Å². The van der Waals surface area contributed by atoms with Gasteiger partial charge >= 0.3 is 8.25 Å². The highest BCUT2D eigenvalue weighted by Gasteiger charge is 2.52. The molecule has 20 heavy (non-hydrogen) atoms. The first-order valence-corrected chi connectivity index (χ1v) is 10.8. The Kier molecular flexibility index (Phi) is 5.89. The van der Waals surface area contributed by atoms with Gasteiger partial charge in [0.05, 0.1) is 12.7 Å². The largest absolute Gasteiger partial charge is 0.695 e. The Hall–Kier alpha value is 0.117. The van der Waals surface area contributed by atoms with Crippen molar-refractivity contribution >= 4 is 16.6 Å². The van der Waals surface area contributed by atoms with Crippen LogP contribution >= 0.6 is 8.25 Å². The van der Waals surface area contributed by atoms with Crippen molar-refractivity contribution in [3.05, 3.63) is 0 Å². The molecule has 0 spiro atoms. The molecule has 0 aliphatic carbocycles. The van der Waals surface area contributed by atoms with Crippen LogP contribution in [0.25, 0.3) is 0 Å². The van der Waals surface area contributed by atoms with Crippen LogP contribution in [0.4, 0.5) is 0 Å². The number of ether oxygens (including phenoxy) is 1. The maximum absolute atomic E-state index is 11.0. The standard InChI is InChI=1S/C12H25O6PSi/c1-8-10(18-20(5,6)12(2,3)4)11(17-19(14)15)9(7-13)16-8/h8-11,13H,7H2,1-6H3/p+1/t8-,9+,10+,11?/m0/s1. The summed E-state index contributed by atoms with van der Waals surface area (Å²) in [5, 5.41) is 9.33. The first kappa shape index (κ1) is 18.2. The van der Waals surface area contributed by atoms with Crippen LogP contribution in [0.2, 0.25) is 18.1 Å². The molecular formula is C12H26O6PSi+. The zero-order chi connectivity index (χ0) is 15.7. The average Bonchev–Trinajstić information content (AvgIpc) is 2.54. The van der Waals surface area contributed by atoms with Crippen molar-refractivity contribution in [1.82, 2.24) is 0 Å². The summed E-state index contributed by atoms with van der Waals surface area (Å²) in [4.78, 5) is 8.99. The maximum atomic E-state index is 11.0. The smallest absolute Gasteiger partial charge is 0.408 e. The quantitative estimate of drug-likeness (QED) is 0.595. The minimum atomic E-state index is -2.76. The van der Waals surface area contributed by atoms with E-state index >= 15 is 0 Å². The zero-order valence-electron chi connectivity index (χ0n) is 13.0. The van der Waals surface area contributed by atoms with E-state index in [0.29, 0.717) is 0 Å². The topological polar surface area (TPSA) is 85.2 Å². The first-order valence-electron chi connectivity index (χ1n) is 6.76. The van der Waals surface area contributed by atoms with E-state index in [1.165, 1.54) is 0 Å². The third kappa shape index (κ3) is 4.07. The molecule has 1 rings (SSSR count). The van der Waals surface area contributed by atoms with E-state index in [-0.39, 0.29) is 17.7 Å². The van der Waals surface area contributed by atoms with Crippen molar-refractivity contribution in [2.24, 2.45) is 0 Å². The summed E-state index contributed by atoms with van der Waals surface area (Å²) in [6.45, 7) is 12.1. The van der Waals surface area contributed by atoms with Crippen molar-refractivity contribution in [2.75, 3.05) is 6.61 Å². The van der Waals surface area contributed by atoms with Gasteiger partial charge in [-0.2, -0.15) is 0 Å². The monoisotopic (exact) mass is 325 g/mol. The SMILES string of the molecule is C[C@@H]1O[C@H](CO)C(O[P+](=O)O)[C@@H]1O[Si](C)(C)C(C)(C)C. The van der Waals surface area contributed by atoms with Gasteiger partial charge in [0.1, 0.15) is 12.2 Å². The lowest BCUT2D eigenvalue weighted by atomic mass is 10.1. The minimum Gasteiger partial charge on any atom is -0.408 e. The molecule has 1 saturated heterocycles. The van der Waals surface area contributed by atoms with Crippen LogP contribution in [0.5, 0.6) is 0 Å². The summed E-state index contributed by atoms with van der Waals surface area (Å²) < 4.78 is 27.8. The molecule has 0 radical (unpaired) electrons. The Bertz CT molecular complexity index is 356. The molecule has 6 nitrogen and oxygen atoms in total. The predicted octanol–water partition coefficient (Wildman–Crippen LogP) is 2.19. The van der Waals surface area contributed by atoms with E-state index in [2.05, 4.69) is 33.9 Å². The van der Waals surface area contributed by atoms with Crippen molar-refractivity contribution in [1.29, 1.82) is 0 Å². The second-order valence-electron chi connectivity index (χ2n) is 6.71. The molecule has 1 heterocycles. The van der Waals surface area contributed by atoms with Gasteiger partial charge in [-0.15, -0.1) is 9.42 Å². The highest BCUT2D eigenvalue weighted by Crippen LogP contribution is 2.41. The van der Waals surface area contributed by atoms with Crippen LogP contribution in [0.3, 0.4) is 0 Å². The average molecular weight is 325 g/mol. The maximum Gasteiger partial charge on any atom is 0.695 e. The molecule has 1 fully saturated rings. The van der Waals surface area contributed by atoms with Gasteiger partial charge in [-0.25, -0.2) is 0 Å². The molecule has 1 aliphatic rings. The first-order chi connectivity index (χ1) is 8.99. The molecule has 5 atom stereocenters. The van der Waals surface area contributed by atoms with Gasteiger partial charge in [0.15, 0.2) is 14.4 Å². The summed E-state index contributed by atoms with van der Waals surface area (Å²) in [6.07, 6.45) is -2.09. The Labute approximate surface area is 122 Å². The molecule has 1 aliphatic heterocycles. The lowest BCUT2D eigenvalue weighted by Gasteiger charge is -2.39. The van der Waals surface area contributed by atoms with E-state index in [9.17, 15) is 9.67 Å². The summed E-state index contributed by atoms with van der Waals surface area (Å²) in [6, 6.07) is 0. The molecule has 2 unspecified atom stereocenters. The number of rotatable bonds is 5. The summed E-state index contributed by atoms with van der Waals surface area (Å²) in [5.74, 6) is 0. The Balaban J connectivity index is 2.92. The van der Waals surface area contributed by atoms with Crippen LogP contribution in [-0.4, -0.2) is 49.3 Å². The van der Waals surface area contributed by atoms with Crippen LogP contribution in [-0.2, 0) is 18.3 Å². The Morgan fingerprint density at radius 3 is 2.25 bits per heavy atom. The van der Waals surface area contributed by atoms with Crippen molar-refractivity contribution in [3.63, 3.8) is 0 Å². The minimum absolute atomic E-state index is 0.00991. The van der Waals surface area contributed by atoms with E-state index in [1.54, 1.807) is 0 Å². The van der Waals surface area contributed by atoms with Gasteiger partial charge in [-0.1, -0.05) is 20.8 Å². The van der Waals surface area contributed by atoms with Crippen LogP contribution in [0.15, 0.2) is 0 Å². The molecule has 118 valence electrons.